The van der Waals surface area contributed by atoms with Crippen molar-refractivity contribution in [2.24, 2.45) is 0 Å². The Morgan fingerprint density at radius 1 is 0.875 bits per heavy atom. The number of anilines is 2. The van der Waals surface area contributed by atoms with Crippen molar-refractivity contribution in [3.8, 4) is 0 Å². The lowest BCUT2D eigenvalue weighted by Crippen LogP contribution is -2.33. The molecule has 0 saturated carbocycles. The first kappa shape index (κ1) is 15.3. The van der Waals surface area contributed by atoms with Gasteiger partial charge in [-0.25, -0.2) is 4.79 Å². The molecule has 0 bridgehead atoms. The Morgan fingerprint density at radius 2 is 1.54 bits per heavy atom. The lowest BCUT2D eigenvalue weighted by Gasteiger charge is -2.10. The van der Waals surface area contributed by atoms with E-state index in [0.29, 0.717) is 11.4 Å². The number of amides is 2. The van der Waals surface area contributed by atoms with Crippen molar-refractivity contribution in [3.05, 3.63) is 76.8 Å². The van der Waals surface area contributed by atoms with Gasteiger partial charge in [-0.15, -0.1) is 0 Å². The molecule has 0 aromatic heterocycles. The molecule has 0 aliphatic heterocycles. The summed E-state index contributed by atoms with van der Waals surface area (Å²) in [5.41, 5.74) is 6.34. The smallest absolute Gasteiger partial charge is 0.307 e. The third-order valence-electron chi connectivity index (χ3n) is 3.41. The Morgan fingerprint density at radius 3 is 2.25 bits per heavy atom. The normalized spacial score (nSPS) is 10.2. The summed E-state index contributed by atoms with van der Waals surface area (Å²) in [4.78, 5) is 22.0. The number of fused-ring (bicyclic) bond motifs is 1. The third-order valence-corrected chi connectivity index (χ3v) is 3.41. The van der Waals surface area contributed by atoms with Crippen molar-refractivity contribution in [1.29, 1.82) is 0 Å². The number of nitro benzene ring substituents is 1. The van der Waals surface area contributed by atoms with Crippen LogP contribution in [0.15, 0.2) is 66.7 Å². The molecule has 3 aromatic carbocycles. The third kappa shape index (κ3) is 3.58. The first-order valence-electron chi connectivity index (χ1n) is 7.18. The van der Waals surface area contributed by atoms with E-state index in [0.717, 1.165) is 10.8 Å². The maximum absolute atomic E-state index is 11.9. The van der Waals surface area contributed by atoms with Crippen LogP contribution in [-0.2, 0) is 0 Å². The van der Waals surface area contributed by atoms with Gasteiger partial charge in [-0.1, -0.05) is 30.3 Å². The fourth-order valence-corrected chi connectivity index (χ4v) is 2.22. The predicted octanol–water partition coefficient (Wildman–Crippen LogP) is 3.90. The predicted molar refractivity (Wildman–Crippen MR) is 92.8 cm³/mol. The molecule has 0 spiro atoms. The van der Waals surface area contributed by atoms with Crippen molar-refractivity contribution in [2.45, 2.75) is 0 Å². The number of hydrazine groups is 1. The number of urea groups is 1. The summed E-state index contributed by atoms with van der Waals surface area (Å²) in [7, 11) is 0. The molecule has 3 N–H and O–H groups in total. The zero-order valence-corrected chi connectivity index (χ0v) is 12.5. The molecule has 2 amide bonds. The van der Waals surface area contributed by atoms with Crippen LogP contribution in [0, 0.1) is 10.1 Å². The minimum atomic E-state index is -0.482. The van der Waals surface area contributed by atoms with Crippen LogP contribution in [0.5, 0.6) is 0 Å². The summed E-state index contributed by atoms with van der Waals surface area (Å²) < 4.78 is 0. The van der Waals surface area contributed by atoms with Crippen LogP contribution < -0.4 is 16.2 Å². The maximum Gasteiger partial charge on any atom is 0.337 e. The largest absolute Gasteiger partial charge is 0.337 e. The molecular formula is C17H14N4O3. The number of nitrogens with zero attached hydrogens (tertiary/aromatic N) is 1. The van der Waals surface area contributed by atoms with E-state index in [1.807, 2.05) is 42.5 Å². The van der Waals surface area contributed by atoms with Crippen LogP contribution >= 0.6 is 0 Å². The van der Waals surface area contributed by atoms with Crippen molar-refractivity contribution < 1.29 is 9.72 Å². The van der Waals surface area contributed by atoms with Crippen LogP contribution in [0.1, 0.15) is 0 Å². The fraction of sp³-hybridized carbons (Fsp3) is 0. The standard InChI is InChI=1S/C17H14N4O3/c22-17(20-19-14-7-9-16(10-8-14)21(23)24)18-15-6-5-12-3-1-2-4-13(12)11-15/h1-11,19H,(H2,18,20,22). The summed E-state index contributed by atoms with van der Waals surface area (Å²) in [6, 6.07) is 18.7. The van der Waals surface area contributed by atoms with Gasteiger partial charge in [-0.2, -0.15) is 0 Å². The molecule has 0 radical (unpaired) electrons. The van der Waals surface area contributed by atoms with Crippen LogP contribution in [0.2, 0.25) is 0 Å². The van der Waals surface area contributed by atoms with Gasteiger partial charge in [0.05, 0.1) is 10.6 Å². The van der Waals surface area contributed by atoms with Gasteiger partial charge >= 0.3 is 6.03 Å². The summed E-state index contributed by atoms with van der Waals surface area (Å²) >= 11 is 0. The molecule has 7 nitrogen and oxygen atoms in total. The molecule has 120 valence electrons. The highest BCUT2D eigenvalue weighted by atomic mass is 16.6. The van der Waals surface area contributed by atoms with Gasteiger partial charge in [0.1, 0.15) is 0 Å². The highest BCUT2D eigenvalue weighted by Crippen LogP contribution is 2.19. The van der Waals surface area contributed by atoms with Crippen molar-refractivity contribution in [1.82, 2.24) is 5.43 Å². The molecule has 0 heterocycles. The first-order valence-corrected chi connectivity index (χ1v) is 7.18. The number of benzene rings is 3. The van der Waals surface area contributed by atoms with Gasteiger partial charge < -0.3 is 5.32 Å². The van der Waals surface area contributed by atoms with Crippen LogP contribution in [0.3, 0.4) is 0 Å². The second-order valence-electron chi connectivity index (χ2n) is 5.07. The second-order valence-corrected chi connectivity index (χ2v) is 5.07. The fourth-order valence-electron chi connectivity index (χ4n) is 2.22. The van der Waals surface area contributed by atoms with Crippen LogP contribution in [-0.4, -0.2) is 11.0 Å². The monoisotopic (exact) mass is 322 g/mol. The molecule has 24 heavy (non-hydrogen) atoms. The Balaban J connectivity index is 1.59. The Labute approximate surface area is 137 Å². The van der Waals surface area contributed by atoms with Crippen molar-refractivity contribution in [3.63, 3.8) is 0 Å². The minimum Gasteiger partial charge on any atom is -0.307 e. The van der Waals surface area contributed by atoms with E-state index in [4.69, 9.17) is 0 Å². The number of nitrogens with one attached hydrogen (secondary N) is 3. The molecule has 0 saturated heterocycles. The molecule has 0 aliphatic rings. The number of rotatable bonds is 4. The summed E-state index contributed by atoms with van der Waals surface area (Å²) in [6.07, 6.45) is 0. The Bertz CT molecular complexity index is 894. The minimum absolute atomic E-state index is 0.0128. The molecule has 7 heteroatoms. The van der Waals surface area contributed by atoms with Gasteiger partial charge in [0.2, 0.25) is 0 Å². The van der Waals surface area contributed by atoms with Gasteiger partial charge in [0, 0.05) is 17.8 Å². The SMILES string of the molecule is O=C(NNc1ccc([N+](=O)[O-])cc1)Nc1ccc2ccccc2c1. The van der Waals surface area contributed by atoms with E-state index in [-0.39, 0.29) is 5.69 Å². The van der Waals surface area contributed by atoms with Crippen LogP contribution in [0.25, 0.3) is 10.8 Å². The molecule has 0 atom stereocenters. The molecule has 0 fully saturated rings. The molecule has 0 aliphatic carbocycles. The number of carbonyl (C=O) groups excluding carboxylic acids is 1. The van der Waals surface area contributed by atoms with E-state index in [9.17, 15) is 14.9 Å². The molecule has 3 aromatic rings. The van der Waals surface area contributed by atoms with E-state index >= 15 is 0 Å². The summed E-state index contributed by atoms with van der Waals surface area (Å²) in [5, 5.41) is 15.4. The quantitative estimate of drug-likeness (QED) is 0.501. The van der Waals surface area contributed by atoms with Gasteiger partial charge in [0.15, 0.2) is 0 Å². The number of carbonyl (C=O) groups is 1. The zero-order chi connectivity index (χ0) is 16.9. The van der Waals surface area contributed by atoms with E-state index in [1.165, 1.54) is 24.3 Å². The number of nitro groups is 1. The highest BCUT2D eigenvalue weighted by molar-refractivity contribution is 5.93. The second kappa shape index (κ2) is 6.66. The van der Waals surface area contributed by atoms with Gasteiger partial charge in [0.25, 0.3) is 5.69 Å². The number of non-ortho nitro benzene ring substituents is 1. The number of hydrogen-bond donors (Lipinski definition) is 3. The Hall–Kier alpha value is -3.61. The lowest BCUT2D eigenvalue weighted by atomic mass is 10.1. The van der Waals surface area contributed by atoms with E-state index in [1.54, 1.807) is 0 Å². The Kier molecular flexibility index (Phi) is 4.24. The highest BCUT2D eigenvalue weighted by Gasteiger charge is 2.05. The average Bonchev–Trinajstić information content (AvgIpc) is 2.60. The van der Waals surface area contributed by atoms with Gasteiger partial charge in [-0.05, 0) is 35.0 Å². The van der Waals surface area contributed by atoms with E-state index < -0.39 is 11.0 Å². The topological polar surface area (TPSA) is 96.3 Å². The molecular weight excluding hydrogens is 308 g/mol. The van der Waals surface area contributed by atoms with Crippen molar-refractivity contribution >= 4 is 33.9 Å². The van der Waals surface area contributed by atoms with Crippen molar-refractivity contribution in [2.75, 3.05) is 10.7 Å². The number of hydrogen-bond acceptors (Lipinski definition) is 4. The van der Waals surface area contributed by atoms with E-state index in [2.05, 4.69) is 16.2 Å². The summed E-state index contributed by atoms with van der Waals surface area (Å²) in [5.74, 6) is 0. The maximum atomic E-state index is 11.9. The molecule has 0 unspecified atom stereocenters. The van der Waals surface area contributed by atoms with Gasteiger partial charge in [-0.3, -0.25) is 21.0 Å². The lowest BCUT2D eigenvalue weighted by molar-refractivity contribution is -0.384. The summed E-state index contributed by atoms with van der Waals surface area (Å²) in [6.45, 7) is 0. The average molecular weight is 322 g/mol. The zero-order valence-electron chi connectivity index (χ0n) is 12.5. The van der Waals surface area contributed by atoms with Crippen LogP contribution in [0.4, 0.5) is 21.9 Å². The molecule has 3 rings (SSSR count). The first-order chi connectivity index (χ1) is 11.6.